The molecule has 0 saturated heterocycles. The lowest BCUT2D eigenvalue weighted by Gasteiger charge is -2.13. The van der Waals surface area contributed by atoms with Crippen LogP contribution in [0, 0.1) is 6.92 Å². The highest BCUT2D eigenvalue weighted by molar-refractivity contribution is 8.00. The highest BCUT2D eigenvalue weighted by Crippen LogP contribution is 2.40. The maximum absolute atomic E-state index is 13.4. The van der Waals surface area contributed by atoms with Gasteiger partial charge in [0.15, 0.2) is 5.78 Å². The zero-order chi connectivity index (χ0) is 24.5. The minimum Gasteiger partial charge on any atom is -0.316 e. The number of nitrogens with one attached hydrogen (secondary N) is 1. The summed E-state index contributed by atoms with van der Waals surface area (Å²) in [5.74, 6) is -0.632. The molecule has 2 heterocycles. The van der Waals surface area contributed by atoms with Gasteiger partial charge >= 0.3 is 6.18 Å². The Morgan fingerprint density at radius 3 is 2.56 bits per heavy atom. The van der Waals surface area contributed by atoms with Crippen molar-refractivity contribution in [2.75, 3.05) is 11.1 Å². The number of carbonyl (C=O) groups is 2. The van der Waals surface area contributed by atoms with Crippen LogP contribution < -0.4 is 5.32 Å². The van der Waals surface area contributed by atoms with Crippen LogP contribution in [0.4, 0.5) is 18.2 Å². The molecule has 178 valence electrons. The summed E-state index contributed by atoms with van der Waals surface area (Å²) in [6, 6.07) is 8.11. The van der Waals surface area contributed by atoms with Crippen molar-refractivity contribution in [3.8, 4) is 0 Å². The van der Waals surface area contributed by atoms with Gasteiger partial charge in [-0.2, -0.15) is 13.2 Å². The quantitative estimate of drug-likeness (QED) is 0.279. The van der Waals surface area contributed by atoms with Gasteiger partial charge in [0.1, 0.15) is 10.0 Å². The van der Waals surface area contributed by atoms with Crippen LogP contribution in [0.15, 0.2) is 41.6 Å². The van der Waals surface area contributed by atoms with Crippen LogP contribution in [0.2, 0.25) is 5.02 Å². The third-order valence-corrected chi connectivity index (χ3v) is 8.05. The van der Waals surface area contributed by atoms with Crippen molar-refractivity contribution < 1.29 is 22.8 Å². The van der Waals surface area contributed by atoms with Crippen molar-refractivity contribution in [3.05, 3.63) is 74.2 Å². The number of alkyl halides is 3. The molecule has 0 spiro atoms. The van der Waals surface area contributed by atoms with E-state index in [1.807, 2.05) is 19.1 Å². The van der Waals surface area contributed by atoms with Crippen LogP contribution in [0.25, 0.3) is 0 Å². The summed E-state index contributed by atoms with van der Waals surface area (Å²) < 4.78 is 38.4. The van der Waals surface area contributed by atoms with Crippen molar-refractivity contribution in [2.24, 2.45) is 0 Å². The van der Waals surface area contributed by atoms with Crippen LogP contribution in [0.3, 0.4) is 0 Å². The van der Waals surface area contributed by atoms with Crippen LogP contribution in [0.1, 0.15) is 50.3 Å². The van der Waals surface area contributed by atoms with E-state index in [0.29, 0.717) is 22.3 Å². The molecule has 0 atom stereocenters. The second kappa shape index (κ2) is 10.1. The number of thioether (sulfide) groups is 1. The van der Waals surface area contributed by atoms with E-state index >= 15 is 0 Å². The molecule has 1 aliphatic carbocycles. The van der Waals surface area contributed by atoms with Crippen LogP contribution in [-0.4, -0.2) is 22.4 Å². The molecule has 1 aromatic carbocycles. The van der Waals surface area contributed by atoms with E-state index in [1.54, 1.807) is 12.1 Å². The number of aromatic nitrogens is 1. The van der Waals surface area contributed by atoms with Gasteiger partial charge in [-0.15, -0.1) is 11.3 Å². The summed E-state index contributed by atoms with van der Waals surface area (Å²) >= 11 is 8.29. The predicted octanol–water partition coefficient (Wildman–Crippen LogP) is 6.96. The van der Waals surface area contributed by atoms with Crippen molar-refractivity contribution in [2.45, 2.75) is 43.8 Å². The SMILES string of the molecule is Cc1ccc(C(=O)c2c(NC(=O)CSc3ncc(C(F)(F)F)cc3Cl)sc3c2CCCC3)cc1. The fraction of sp³-hybridized carbons (Fsp3) is 0.292. The predicted molar refractivity (Wildman–Crippen MR) is 129 cm³/mol. The second-order valence-electron chi connectivity index (χ2n) is 7.96. The molecular weight excluding hydrogens is 505 g/mol. The summed E-state index contributed by atoms with van der Waals surface area (Å²) in [6.07, 6.45) is -0.182. The normalized spacial score (nSPS) is 13.4. The Morgan fingerprint density at radius 2 is 1.88 bits per heavy atom. The van der Waals surface area contributed by atoms with E-state index in [1.165, 1.54) is 11.3 Å². The number of nitrogens with zero attached hydrogens (tertiary/aromatic N) is 1. The Morgan fingerprint density at radius 1 is 1.18 bits per heavy atom. The topological polar surface area (TPSA) is 59.1 Å². The molecule has 0 unspecified atom stereocenters. The van der Waals surface area contributed by atoms with Gasteiger partial charge in [0.25, 0.3) is 0 Å². The van der Waals surface area contributed by atoms with E-state index < -0.39 is 11.7 Å². The molecule has 1 amide bonds. The second-order valence-corrected chi connectivity index (χ2v) is 10.4. The van der Waals surface area contributed by atoms with E-state index in [0.717, 1.165) is 59.5 Å². The number of hydrogen-bond donors (Lipinski definition) is 1. The first-order valence-electron chi connectivity index (χ1n) is 10.5. The number of amides is 1. The fourth-order valence-electron chi connectivity index (χ4n) is 3.73. The number of ketones is 1. The molecule has 34 heavy (non-hydrogen) atoms. The monoisotopic (exact) mass is 524 g/mol. The third kappa shape index (κ3) is 5.47. The summed E-state index contributed by atoms with van der Waals surface area (Å²) in [6.45, 7) is 1.95. The Balaban J connectivity index is 1.52. The number of fused-ring (bicyclic) bond motifs is 1. The Bertz CT molecular complexity index is 1240. The minimum atomic E-state index is -4.55. The number of pyridine rings is 1. The molecule has 0 bridgehead atoms. The largest absolute Gasteiger partial charge is 0.417 e. The highest BCUT2D eigenvalue weighted by atomic mass is 35.5. The van der Waals surface area contributed by atoms with Gasteiger partial charge in [-0.25, -0.2) is 4.98 Å². The lowest BCUT2D eigenvalue weighted by atomic mass is 9.91. The molecule has 4 nitrogen and oxygen atoms in total. The molecule has 0 radical (unpaired) electrons. The summed E-state index contributed by atoms with van der Waals surface area (Å²) in [4.78, 5) is 30.9. The van der Waals surface area contributed by atoms with E-state index in [-0.39, 0.29) is 27.5 Å². The molecular formula is C24H20ClF3N2O2S2. The maximum atomic E-state index is 13.4. The number of halogens is 4. The third-order valence-electron chi connectivity index (χ3n) is 5.44. The highest BCUT2D eigenvalue weighted by Gasteiger charge is 2.32. The summed E-state index contributed by atoms with van der Waals surface area (Å²) in [7, 11) is 0. The van der Waals surface area contributed by atoms with Crippen molar-refractivity contribution in [1.29, 1.82) is 0 Å². The number of benzene rings is 1. The van der Waals surface area contributed by atoms with Crippen LogP contribution in [-0.2, 0) is 23.8 Å². The van der Waals surface area contributed by atoms with Gasteiger partial charge in [-0.3, -0.25) is 9.59 Å². The standard InChI is InChI=1S/C24H20ClF3N2O2S2/c1-13-6-8-14(9-7-13)21(32)20-16-4-2-3-5-18(16)34-23(20)30-19(31)12-33-22-17(25)10-15(11-29-22)24(26,27)28/h6-11H,2-5,12H2,1H3,(H,30,31). The maximum Gasteiger partial charge on any atom is 0.417 e. The Kier molecular flexibility index (Phi) is 7.35. The first-order valence-corrected chi connectivity index (χ1v) is 12.7. The molecule has 4 rings (SSSR count). The molecule has 1 N–H and O–H groups in total. The smallest absolute Gasteiger partial charge is 0.316 e. The number of rotatable bonds is 6. The van der Waals surface area contributed by atoms with Gasteiger partial charge < -0.3 is 5.32 Å². The number of carbonyl (C=O) groups excluding carboxylic acids is 2. The van der Waals surface area contributed by atoms with Gasteiger partial charge in [0.2, 0.25) is 5.91 Å². The zero-order valence-corrected chi connectivity index (χ0v) is 20.5. The number of anilines is 1. The Hall–Kier alpha value is -2.36. The average molecular weight is 525 g/mol. The molecule has 0 fully saturated rings. The molecule has 10 heteroatoms. The number of aryl methyl sites for hydroxylation is 2. The van der Waals surface area contributed by atoms with Gasteiger partial charge in [-0.1, -0.05) is 53.2 Å². The van der Waals surface area contributed by atoms with Crippen molar-refractivity contribution in [3.63, 3.8) is 0 Å². The van der Waals surface area contributed by atoms with E-state index in [4.69, 9.17) is 11.6 Å². The van der Waals surface area contributed by atoms with Gasteiger partial charge in [0.05, 0.1) is 21.9 Å². The fourth-order valence-corrected chi connectivity index (χ4v) is 6.02. The molecule has 2 aromatic heterocycles. The van der Waals surface area contributed by atoms with Crippen LogP contribution in [0.5, 0.6) is 0 Å². The summed E-state index contributed by atoms with van der Waals surface area (Å²) in [5, 5.41) is 3.31. The van der Waals surface area contributed by atoms with Gasteiger partial charge in [-0.05, 0) is 44.2 Å². The molecule has 1 aliphatic rings. The van der Waals surface area contributed by atoms with Crippen molar-refractivity contribution in [1.82, 2.24) is 4.98 Å². The summed E-state index contributed by atoms with van der Waals surface area (Å²) in [5.41, 5.74) is 2.19. The Labute approximate surface area is 207 Å². The minimum absolute atomic E-state index is 0.112. The first-order chi connectivity index (χ1) is 16.1. The van der Waals surface area contributed by atoms with Gasteiger partial charge in [0, 0.05) is 16.6 Å². The van der Waals surface area contributed by atoms with E-state index in [2.05, 4.69) is 10.3 Å². The molecule has 0 aliphatic heterocycles. The number of hydrogen-bond acceptors (Lipinski definition) is 5. The van der Waals surface area contributed by atoms with E-state index in [9.17, 15) is 22.8 Å². The zero-order valence-electron chi connectivity index (χ0n) is 18.1. The van der Waals surface area contributed by atoms with Crippen molar-refractivity contribution >= 4 is 51.4 Å². The first kappa shape index (κ1) is 24.8. The lowest BCUT2D eigenvalue weighted by Crippen LogP contribution is -2.16. The average Bonchev–Trinajstić information content (AvgIpc) is 3.15. The number of thiophene rings is 1. The van der Waals surface area contributed by atoms with Crippen LogP contribution >= 0.6 is 34.7 Å². The molecule has 0 saturated carbocycles. The lowest BCUT2D eigenvalue weighted by molar-refractivity contribution is -0.137. The molecule has 3 aromatic rings.